The summed E-state index contributed by atoms with van der Waals surface area (Å²) < 4.78 is 2.31. The minimum atomic E-state index is 0.675. The molecule has 96 valence electrons. The third-order valence-corrected chi connectivity index (χ3v) is 4.86. The van der Waals surface area contributed by atoms with Crippen molar-refractivity contribution in [1.29, 1.82) is 0 Å². The van der Waals surface area contributed by atoms with E-state index in [2.05, 4.69) is 21.5 Å². The molecule has 4 nitrogen and oxygen atoms in total. The lowest BCUT2D eigenvalue weighted by molar-refractivity contribution is 1.19. The Labute approximate surface area is 119 Å². The highest BCUT2D eigenvalue weighted by atomic mass is 32.2. The van der Waals surface area contributed by atoms with Crippen molar-refractivity contribution in [2.45, 2.75) is 10.1 Å². The minimum absolute atomic E-state index is 0.675. The second kappa shape index (κ2) is 5.56. The van der Waals surface area contributed by atoms with E-state index in [1.54, 1.807) is 23.1 Å². The Bertz CT molecular complexity index is 645. The monoisotopic (exact) mass is 288 g/mol. The molecular formula is C13H12N4S2. The molecule has 2 aromatic heterocycles. The van der Waals surface area contributed by atoms with Crippen LogP contribution in [0, 0.1) is 0 Å². The van der Waals surface area contributed by atoms with Crippen LogP contribution in [0.3, 0.4) is 0 Å². The third-order valence-electron chi connectivity index (χ3n) is 2.61. The lowest BCUT2D eigenvalue weighted by Crippen LogP contribution is -2.08. The van der Waals surface area contributed by atoms with Gasteiger partial charge in [0.1, 0.15) is 5.82 Å². The normalized spacial score (nSPS) is 10.8. The first kappa shape index (κ1) is 12.4. The number of thioether (sulfide) groups is 1. The highest BCUT2D eigenvalue weighted by Gasteiger charge is 2.04. The largest absolute Gasteiger partial charge is 0.308 e. The summed E-state index contributed by atoms with van der Waals surface area (Å²) in [7, 11) is 0. The van der Waals surface area contributed by atoms with Crippen LogP contribution in [-0.4, -0.2) is 9.97 Å². The number of hydrogen-bond acceptors (Lipinski definition) is 6. The molecular weight excluding hydrogens is 276 g/mol. The first-order valence-electron chi connectivity index (χ1n) is 5.75. The molecule has 0 unspecified atom stereocenters. The van der Waals surface area contributed by atoms with Crippen LogP contribution in [0.4, 0.5) is 5.82 Å². The fraction of sp³-hybridized carbons (Fsp3) is 0.0769. The lowest BCUT2D eigenvalue weighted by atomic mass is 10.3. The average molecular weight is 288 g/mol. The molecule has 3 aromatic rings. The van der Waals surface area contributed by atoms with E-state index in [4.69, 9.17) is 5.84 Å². The molecule has 1 aromatic carbocycles. The highest BCUT2D eigenvalue weighted by Crippen LogP contribution is 2.31. The van der Waals surface area contributed by atoms with Gasteiger partial charge in [0.25, 0.3) is 0 Å². The van der Waals surface area contributed by atoms with Gasteiger partial charge in [-0.2, -0.15) is 0 Å². The predicted octanol–water partition coefficient (Wildman–Crippen LogP) is 3.27. The van der Waals surface area contributed by atoms with Gasteiger partial charge in [-0.15, -0.1) is 11.3 Å². The van der Waals surface area contributed by atoms with Crippen molar-refractivity contribution < 1.29 is 0 Å². The summed E-state index contributed by atoms with van der Waals surface area (Å²) >= 11 is 3.45. The molecule has 6 heteroatoms. The van der Waals surface area contributed by atoms with Gasteiger partial charge in [-0.3, -0.25) is 0 Å². The van der Waals surface area contributed by atoms with Crippen LogP contribution in [0.5, 0.6) is 0 Å². The van der Waals surface area contributed by atoms with Crippen LogP contribution < -0.4 is 11.3 Å². The van der Waals surface area contributed by atoms with Gasteiger partial charge in [-0.1, -0.05) is 30.0 Å². The Morgan fingerprint density at radius 3 is 2.84 bits per heavy atom. The number of hydrazine groups is 1. The summed E-state index contributed by atoms with van der Waals surface area (Å²) in [4.78, 5) is 8.78. The Morgan fingerprint density at radius 1 is 1.21 bits per heavy atom. The number of nitrogen functional groups attached to an aromatic ring is 1. The van der Waals surface area contributed by atoms with Gasteiger partial charge in [0.05, 0.1) is 10.2 Å². The van der Waals surface area contributed by atoms with Crippen molar-refractivity contribution in [2.75, 3.05) is 5.43 Å². The number of benzene rings is 1. The van der Waals surface area contributed by atoms with Gasteiger partial charge >= 0.3 is 0 Å². The maximum absolute atomic E-state index is 5.28. The van der Waals surface area contributed by atoms with Gasteiger partial charge < -0.3 is 5.43 Å². The molecule has 0 spiro atoms. The zero-order valence-corrected chi connectivity index (χ0v) is 11.7. The van der Waals surface area contributed by atoms with E-state index in [1.807, 2.05) is 36.5 Å². The average Bonchev–Trinajstić information content (AvgIpc) is 2.88. The SMILES string of the molecule is NNc1ccc(CSc2nc3ccccc3s2)cn1. The number of nitrogens with two attached hydrogens (primary N) is 1. The predicted molar refractivity (Wildman–Crippen MR) is 81.2 cm³/mol. The topological polar surface area (TPSA) is 63.8 Å². The van der Waals surface area contributed by atoms with Crippen LogP contribution in [0.2, 0.25) is 0 Å². The van der Waals surface area contributed by atoms with E-state index >= 15 is 0 Å². The van der Waals surface area contributed by atoms with E-state index in [9.17, 15) is 0 Å². The number of nitrogens with zero attached hydrogens (tertiary/aromatic N) is 2. The maximum atomic E-state index is 5.28. The zero-order chi connectivity index (χ0) is 13.1. The van der Waals surface area contributed by atoms with Gasteiger partial charge in [0.2, 0.25) is 0 Å². The Hall–Kier alpha value is -1.63. The van der Waals surface area contributed by atoms with Crippen molar-refractivity contribution >= 4 is 39.1 Å². The molecule has 0 amide bonds. The number of rotatable bonds is 4. The summed E-state index contributed by atoms with van der Waals surface area (Å²) in [6.07, 6.45) is 1.83. The summed E-state index contributed by atoms with van der Waals surface area (Å²) in [5.74, 6) is 6.82. The van der Waals surface area contributed by atoms with E-state index in [-0.39, 0.29) is 0 Å². The quantitative estimate of drug-likeness (QED) is 0.438. The highest BCUT2D eigenvalue weighted by molar-refractivity contribution is 8.00. The molecule has 3 N–H and O–H groups in total. The molecule has 0 aliphatic heterocycles. The number of aromatic nitrogens is 2. The number of nitrogens with one attached hydrogen (secondary N) is 1. The molecule has 0 bridgehead atoms. The lowest BCUT2D eigenvalue weighted by Gasteiger charge is -2.01. The first-order valence-corrected chi connectivity index (χ1v) is 7.55. The third kappa shape index (κ3) is 2.86. The molecule has 0 aliphatic carbocycles. The van der Waals surface area contributed by atoms with Crippen LogP contribution in [-0.2, 0) is 5.75 Å². The molecule has 0 atom stereocenters. The molecule has 2 heterocycles. The number of para-hydroxylation sites is 1. The van der Waals surface area contributed by atoms with Gasteiger partial charge in [-0.05, 0) is 23.8 Å². The van der Waals surface area contributed by atoms with Crippen LogP contribution in [0.1, 0.15) is 5.56 Å². The molecule has 0 saturated heterocycles. The summed E-state index contributed by atoms with van der Waals surface area (Å²) in [6.45, 7) is 0. The fourth-order valence-corrected chi connectivity index (χ4v) is 3.66. The van der Waals surface area contributed by atoms with Crippen molar-refractivity contribution in [3.05, 3.63) is 48.2 Å². The van der Waals surface area contributed by atoms with E-state index in [0.717, 1.165) is 21.2 Å². The molecule has 0 fully saturated rings. The molecule has 3 rings (SSSR count). The second-order valence-electron chi connectivity index (χ2n) is 3.93. The van der Waals surface area contributed by atoms with Gasteiger partial charge in [-0.25, -0.2) is 15.8 Å². The fourth-order valence-electron chi connectivity index (χ4n) is 1.65. The minimum Gasteiger partial charge on any atom is -0.308 e. The van der Waals surface area contributed by atoms with E-state index in [0.29, 0.717) is 5.82 Å². The van der Waals surface area contributed by atoms with Crippen LogP contribution in [0.15, 0.2) is 46.9 Å². The van der Waals surface area contributed by atoms with Gasteiger partial charge in [0.15, 0.2) is 4.34 Å². The number of hydrogen-bond donors (Lipinski definition) is 2. The first-order chi connectivity index (χ1) is 9.35. The van der Waals surface area contributed by atoms with Crippen LogP contribution in [0.25, 0.3) is 10.2 Å². The standard InChI is InChI=1S/C13H12N4S2/c14-17-12-6-5-9(7-15-12)8-18-13-16-10-3-1-2-4-11(10)19-13/h1-7H,8,14H2,(H,15,17). The van der Waals surface area contributed by atoms with Crippen molar-refractivity contribution in [1.82, 2.24) is 9.97 Å². The Kier molecular flexibility index (Phi) is 3.63. The Morgan fingerprint density at radius 2 is 2.11 bits per heavy atom. The number of fused-ring (bicyclic) bond motifs is 1. The van der Waals surface area contributed by atoms with E-state index < -0.39 is 0 Å². The number of thiazole rings is 1. The van der Waals surface area contributed by atoms with Crippen molar-refractivity contribution in [3.63, 3.8) is 0 Å². The summed E-state index contributed by atoms with van der Waals surface area (Å²) in [6, 6.07) is 12.1. The van der Waals surface area contributed by atoms with Crippen molar-refractivity contribution in [3.8, 4) is 0 Å². The second-order valence-corrected chi connectivity index (χ2v) is 6.19. The molecule has 0 radical (unpaired) electrons. The van der Waals surface area contributed by atoms with Gasteiger partial charge in [0, 0.05) is 11.9 Å². The molecule has 0 saturated carbocycles. The number of anilines is 1. The number of pyridine rings is 1. The summed E-state index contributed by atoms with van der Waals surface area (Å²) in [5.41, 5.74) is 4.74. The van der Waals surface area contributed by atoms with E-state index in [1.165, 1.54) is 4.70 Å². The molecule has 19 heavy (non-hydrogen) atoms. The molecule has 0 aliphatic rings. The maximum Gasteiger partial charge on any atom is 0.151 e. The van der Waals surface area contributed by atoms with Crippen molar-refractivity contribution in [2.24, 2.45) is 5.84 Å². The van der Waals surface area contributed by atoms with Crippen LogP contribution >= 0.6 is 23.1 Å². The Balaban J connectivity index is 1.70. The summed E-state index contributed by atoms with van der Waals surface area (Å²) in [5, 5.41) is 0. The smallest absolute Gasteiger partial charge is 0.151 e. The zero-order valence-electron chi connectivity index (χ0n) is 10.0.